The lowest BCUT2D eigenvalue weighted by atomic mass is 10.4. The van der Waals surface area contributed by atoms with Crippen molar-refractivity contribution in [1.29, 1.82) is 0 Å². The van der Waals surface area contributed by atoms with Crippen molar-refractivity contribution in [2.24, 2.45) is 0 Å². The molecule has 7 heteroatoms. The second kappa shape index (κ2) is 5.06. The molecule has 0 fully saturated rings. The van der Waals surface area contributed by atoms with Crippen molar-refractivity contribution in [2.45, 2.75) is 6.42 Å². The normalized spacial score (nSPS) is 10.1. The molecule has 0 spiro atoms. The van der Waals surface area contributed by atoms with Gasteiger partial charge >= 0.3 is 0 Å². The second-order valence-electron chi connectivity index (χ2n) is 3.05. The van der Waals surface area contributed by atoms with E-state index in [-0.39, 0.29) is 0 Å². The maximum Gasteiger partial charge on any atom is 0.228 e. The van der Waals surface area contributed by atoms with E-state index in [1.807, 2.05) is 13.1 Å². The zero-order valence-corrected chi connectivity index (χ0v) is 8.84. The second-order valence-corrected chi connectivity index (χ2v) is 3.05. The van der Waals surface area contributed by atoms with Gasteiger partial charge in [-0.05, 0) is 0 Å². The highest BCUT2D eigenvalue weighted by Crippen LogP contribution is 2.07. The van der Waals surface area contributed by atoms with Crippen LogP contribution in [0.5, 0.6) is 0 Å². The monoisotopic (exact) mass is 220 g/mol. The molecular weight excluding hydrogens is 208 g/mol. The van der Waals surface area contributed by atoms with Crippen LogP contribution in [0, 0.1) is 0 Å². The van der Waals surface area contributed by atoms with E-state index in [0.29, 0.717) is 18.9 Å². The molecule has 84 valence electrons. The highest BCUT2D eigenvalue weighted by atomic mass is 16.5. The molecule has 2 rings (SSSR count). The highest BCUT2D eigenvalue weighted by molar-refractivity contribution is 5.45. The summed E-state index contributed by atoms with van der Waals surface area (Å²) in [6.45, 7) is 0.683. The summed E-state index contributed by atoms with van der Waals surface area (Å²) < 4.78 is 4.87. The van der Waals surface area contributed by atoms with Gasteiger partial charge in [-0.15, -0.1) is 0 Å². The summed E-state index contributed by atoms with van der Waals surface area (Å²) in [5, 5.41) is 9.60. The van der Waals surface area contributed by atoms with E-state index in [1.54, 1.807) is 0 Å². The predicted molar refractivity (Wildman–Crippen MR) is 58.1 cm³/mol. The van der Waals surface area contributed by atoms with Crippen LogP contribution in [-0.4, -0.2) is 33.7 Å². The lowest BCUT2D eigenvalue weighted by molar-refractivity contribution is 0.379. The molecular formula is C9H12N6O. The van der Waals surface area contributed by atoms with Crippen molar-refractivity contribution in [1.82, 2.24) is 20.1 Å². The third-order valence-corrected chi connectivity index (χ3v) is 1.98. The number of hydrogen-bond donors (Lipinski definition) is 2. The summed E-state index contributed by atoms with van der Waals surface area (Å²) in [5.41, 5.74) is 0. The fourth-order valence-corrected chi connectivity index (χ4v) is 1.19. The molecule has 0 aromatic carbocycles. The minimum atomic E-state index is 0.607. The Morgan fingerprint density at radius 2 is 2.06 bits per heavy atom. The van der Waals surface area contributed by atoms with Crippen molar-refractivity contribution in [3.63, 3.8) is 0 Å². The van der Waals surface area contributed by atoms with Gasteiger partial charge in [0.1, 0.15) is 18.0 Å². The van der Waals surface area contributed by atoms with Gasteiger partial charge in [-0.25, -0.2) is 9.97 Å². The Morgan fingerprint density at radius 1 is 1.19 bits per heavy atom. The minimum Gasteiger partial charge on any atom is -0.373 e. The van der Waals surface area contributed by atoms with Crippen LogP contribution >= 0.6 is 0 Å². The zero-order valence-electron chi connectivity index (χ0n) is 8.84. The van der Waals surface area contributed by atoms with Crippen LogP contribution in [0.3, 0.4) is 0 Å². The van der Waals surface area contributed by atoms with E-state index in [4.69, 9.17) is 4.52 Å². The lowest BCUT2D eigenvalue weighted by Crippen LogP contribution is -2.07. The number of nitrogens with one attached hydrogen (secondary N) is 2. The molecule has 0 bridgehead atoms. The van der Waals surface area contributed by atoms with E-state index in [9.17, 15) is 0 Å². The number of hydrogen-bond acceptors (Lipinski definition) is 7. The first kappa shape index (κ1) is 10.3. The van der Waals surface area contributed by atoms with Gasteiger partial charge < -0.3 is 15.2 Å². The number of rotatable bonds is 5. The molecule has 2 aromatic rings. The Balaban J connectivity index is 1.85. The molecule has 0 amide bonds. The van der Waals surface area contributed by atoms with Crippen molar-refractivity contribution in [2.75, 3.05) is 24.2 Å². The van der Waals surface area contributed by atoms with Gasteiger partial charge in [0.15, 0.2) is 6.33 Å². The fraction of sp³-hybridized carbons (Fsp3) is 0.333. The van der Waals surface area contributed by atoms with Crippen LogP contribution in [0.2, 0.25) is 0 Å². The Kier molecular flexibility index (Phi) is 3.27. The maximum absolute atomic E-state index is 4.87. The average molecular weight is 220 g/mol. The van der Waals surface area contributed by atoms with Crippen molar-refractivity contribution in [3.05, 3.63) is 24.6 Å². The molecule has 0 radical (unpaired) electrons. The quantitative estimate of drug-likeness (QED) is 0.760. The van der Waals surface area contributed by atoms with Crippen LogP contribution in [0.1, 0.15) is 5.89 Å². The van der Waals surface area contributed by atoms with Gasteiger partial charge in [0.05, 0.1) is 0 Å². The summed E-state index contributed by atoms with van der Waals surface area (Å²) >= 11 is 0. The highest BCUT2D eigenvalue weighted by Gasteiger charge is 2.00. The topological polar surface area (TPSA) is 88.8 Å². The smallest absolute Gasteiger partial charge is 0.228 e. The van der Waals surface area contributed by atoms with Gasteiger partial charge in [0.25, 0.3) is 0 Å². The first-order valence-corrected chi connectivity index (χ1v) is 4.87. The Bertz CT molecular complexity index is 429. The molecule has 16 heavy (non-hydrogen) atoms. The van der Waals surface area contributed by atoms with Gasteiger partial charge in [-0.3, -0.25) is 0 Å². The van der Waals surface area contributed by atoms with E-state index in [0.717, 1.165) is 11.6 Å². The van der Waals surface area contributed by atoms with Crippen molar-refractivity contribution < 1.29 is 4.52 Å². The molecule has 0 aliphatic rings. The van der Waals surface area contributed by atoms with E-state index in [1.165, 1.54) is 12.7 Å². The zero-order chi connectivity index (χ0) is 11.2. The standard InChI is InChI=1S/C9H12N6O/c1-10-7-4-8(13-5-12-7)11-3-2-9-14-6-15-16-9/h4-6H,2-3H2,1H3,(H2,10,11,12,13). The van der Waals surface area contributed by atoms with Crippen LogP contribution in [0.4, 0.5) is 11.6 Å². The maximum atomic E-state index is 4.87. The van der Waals surface area contributed by atoms with E-state index in [2.05, 4.69) is 30.7 Å². The molecule has 0 unspecified atom stereocenters. The first-order chi connectivity index (χ1) is 7.88. The molecule has 2 aromatic heterocycles. The summed E-state index contributed by atoms with van der Waals surface area (Å²) in [5.74, 6) is 2.14. The van der Waals surface area contributed by atoms with Crippen LogP contribution < -0.4 is 10.6 Å². The molecule has 0 aliphatic heterocycles. The van der Waals surface area contributed by atoms with Crippen LogP contribution in [0.15, 0.2) is 23.2 Å². The third-order valence-electron chi connectivity index (χ3n) is 1.98. The molecule has 0 saturated heterocycles. The van der Waals surface area contributed by atoms with Gasteiger partial charge in [-0.1, -0.05) is 5.16 Å². The largest absolute Gasteiger partial charge is 0.373 e. The van der Waals surface area contributed by atoms with Crippen LogP contribution in [-0.2, 0) is 6.42 Å². The average Bonchev–Trinajstić information content (AvgIpc) is 2.82. The summed E-state index contributed by atoms with van der Waals surface area (Å²) in [6, 6.07) is 1.83. The van der Waals surface area contributed by atoms with Gasteiger partial charge in [0.2, 0.25) is 5.89 Å². The SMILES string of the molecule is CNc1cc(NCCc2ncno2)ncn1. The van der Waals surface area contributed by atoms with Gasteiger partial charge in [0, 0.05) is 26.1 Å². The van der Waals surface area contributed by atoms with Crippen LogP contribution in [0.25, 0.3) is 0 Å². The summed E-state index contributed by atoms with van der Waals surface area (Å²) in [4.78, 5) is 12.0. The Hall–Kier alpha value is -2.18. The molecule has 0 saturated carbocycles. The number of anilines is 2. The van der Waals surface area contributed by atoms with Gasteiger partial charge in [-0.2, -0.15) is 4.98 Å². The molecule has 2 heterocycles. The lowest BCUT2D eigenvalue weighted by Gasteiger charge is -2.04. The molecule has 2 N–H and O–H groups in total. The summed E-state index contributed by atoms with van der Waals surface area (Å²) in [7, 11) is 1.81. The fourth-order valence-electron chi connectivity index (χ4n) is 1.19. The Morgan fingerprint density at radius 3 is 2.81 bits per heavy atom. The van der Waals surface area contributed by atoms with E-state index >= 15 is 0 Å². The molecule has 0 aliphatic carbocycles. The number of nitrogens with zero attached hydrogens (tertiary/aromatic N) is 4. The minimum absolute atomic E-state index is 0.607. The van der Waals surface area contributed by atoms with Crippen molar-refractivity contribution >= 4 is 11.6 Å². The summed E-state index contributed by atoms with van der Waals surface area (Å²) in [6.07, 6.45) is 3.55. The number of aromatic nitrogens is 4. The van der Waals surface area contributed by atoms with E-state index < -0.39 is 0 Å². The molecule has 7 nitrogen and oxygen atoms in total. The van der Waals surface area contributed by atoms with Crippen molar-refractivity contribution in [3.8, 4) is 0 Å². The molecule has 0 atom stereocenters. The predicted octanol–water partition coefficient (Wildman–Crippen LogP) is 0.556. The third kappa shape index (κ3) is 2.66. The first-order valence-electron chi connectivity index (χ1n) is 4.87. The Labute approximate surface area is 92.3 Å².